The molecule has 2 aromatic carbocycles. The molecular formula is C69H106N4O16S4. The fourth-order valence-corrected chi connectivity index (χ4v) is 12.4. The van der Waals surface area contributed by atoms with E-state index in [1.807, 2.05) is 106 Å². The molecule has 24 heteroatoms. The zero-order chi connectivity index (χ0) is 70.7. The third-order valence-electron chi connectivity index (χ3n) is 13.8. The second-order valence-electron chi connectivity index (χ2n) is 24.9. The lowest BCUT2D eigenvalue weighted by Gasteiger charge is -2.42. The van der Waals surface area contributed by atoms with Crippen LogP contribution < -0.4 is 0 Å². The number of thiocarbonyl (C=S) groups is 2. The van der Waals surface area contributed by atoms with Crippen LogP contribution in [0.4, 0.5) is 0 Å². The van der Waals surface area contributed by atoms with E-state index in [4.69, 9.17) is 71.8 Å². The summed E-state index contributed by atoms with van der Waals surface area (Å²) in [7, 11) is 10.6. The van der Waals surface area contributed by atoms with Crippen molar-refractivity contribution in [2.24, 2.45) is 27.6 Å². The van der Waals surface area contributed by atoms with Crippen LogP contribution in [-0.2, 0) is 76.1 Å². The van der Waals surface area contributed by atoms with Gasteiger partial charge in [-0.3, -0.25) is 24.0 Å². The SMILES string of the molecule is C=C(C)C(=O)OCCCC.CCCCOC(=O)C(C)(CC(C)(CC(C)(CC(C)(C)C#N)C(=O)OCCN(C)C)C(=O)OCCOCCOC)SC(=S)c1ccccc1.COCCOCOC(=O)C(CC(CC(C)(C)C#N)C(=O)OCCN(C)C)SC(=S)c1ccccc1. The molecule has 522 valence electrons. The molecule has 0 aliphatic rings. The predicted octanol–water partition coefficient (Wildman–Crippen LogP) is 11.8. The highest BCUT2D eigenvalue weighted by Crippen LogP contribution is 2.50. The minimum Gasteiger partial charge on any atom is -0.465 e. The summed E-state index contributed by atoms with van der Waals surface area (Å²) in [6, 6.07) is 23.1. The van der Waals surface area contributed by atoms with Crippen LogP contribution in [0.5, 0.6) is 0 Å². The number of esters is 6. The van der Waals surface area contributed by atoms with Crippen molar-refractivity contribution in [3.05, 3.63) is 83.9 Å². The molecule has 93 heavy (non-hydrogen) atoms. The van der Waals surface area contributed by atoms with Crippen LogP contribution in [0, 0.1) is 50.2 Å². The standard InChI is InChI=1S/C36H56N2O8S2.C25H36N2O6S2.C8H14O2/c1-10-11-18-44-32(41)36(6,48-29(47)28-15-13-12-14-16-28)26-35(5,31(40)46-23-22-43-21-20-42-9)25-34(4,24-33(2,3)27-37)30(39)45-19-17-38(7)8;1-25(2,17-26)16-20(22(28)32-12-11-27(3)4)15-21(23(29)33-18-31-14-13-30-5)35-24(34)19-9-7-6-8-10-19;1-4-5-6-10-8(9)7(2)3/h12-16H,10-11,17-26H2,1-9H3;6-10,20-21H,11-16,18H2,1-5H3;2,4-6H2,1,3H3. The number of likely N-dealkylation sites (N-methyl/N-ethyl adjacent to an activating group) is 2. The van der Waals surface area contributed by atoms with E-state index in [9.17, 15) is 39.3 Å². The molecule has 5 atom stereocenters. The van der Waals surface area contributed by atoms with Crippen molar-refractivity contribution in [2.45, 2.75) is 137 Å². The van der Waals surface area contributed by atoms with Gasteiger partial charge in [-0.25, -0.2) is 4.79 Å². The van der Waals surface area contributed by atoms with Crippen LogP contribution >= 0.6 is 48.0 Å². The molecule has 0 N–H and O–H groups in total. The van der Waals surface area contributed by atoms with Gasteiger partial charge in [0.1, 0.15) is 29.8 Å². The van der Waals surface area contributed by atoms with Crippen LogP contribution in [0.15, 0.2) is 72.8 Å². The van der Waals surface area contributed by atoms with Gasteiger partial charge in [-0.05, 0) is 140 Å². The van der Waals surface area contributed by atoms with Crippen molar-refractivity contribution in [2.75, 3.05) is 128 Å². The first-order valence-corrected chi connectivity index (χ1v) is 33.7. The first-order chi connectivity index (χ1) is 43.7. The Kier molecular flexibility index (Phi) is 44.8. The topological polar surface area (TPSA) is 249 Å². The summed E-state index contributed by atoms with van der Waals surface area (Å²) < 4.78 is 53.2. The smallest absolute Gasteiger partial charge is 0.333 e. The van der Waals surface area contributed by atoms with Crippen LogP contribution in [0.3, 0.4) is 0 Å². The predicted molar refractivity (Wildman–Crippen MR) is 373 cm³/mol. The molecule has 0 fully saturated rings. The van der Waals surface area contributed by atoms with E-state index in [0.29, 0.717) is 59.9 Å². The van der Waals surface area contributed by atoms with Crippen molar-refractivity contribution < 1.29 is 76.1 Å². The van der Waals surface area contributed by atoms with Crippen molar-refractivity contribution in [1.82, 2.24) is 9.80 Å². The van der Waals surface area contributed by atoms with Gasteiger partial charge in [-0.2, -0.15) is 10.5 Å². The lowest BCUT2D eigenvalue weighted by Crippen LogP contribution is -2.48. The largest absolute Gasteiger partial charge is 0.465 e. The monoisotopic (exact) mass is 1370 g/mol. The molecule has 0 bridgehead atoms. The van der Waals surface area contributed by atoms with Gasteiger partial charge < -0.3 is 57.2 Å². The number of nitrogens with zero attached hydrogens (tertiary/aromatic N) is 4. The number of carbonyl (C=O) groups excluding carboxylic acids is 6. The molecule has 0 aromatic heterocycles. The van der Waals surface area contributed by atoms with E-state index < -0.39 is 67.4 Å². The molecule has 2 rings (SSSR count). The average Bonchev–Trinajstić information content (AvgIpc) is 0.805. The zero-order valence-corrected chi connectivity index (χ0v) is 61.4. The summed E-state index contributed by atoms with van der Waals surface area (Å²) in [5.41, 5.74) is -2.42. The molecule has 2 aromatic rings. The number of hydrogen-bond donors (Lipinski definition) is 0. The number of methoxy groups -OCH3 is 2. The molecule has 5 unspecified atom stereocenters. The molecule has 0 amide bonds. The molecular weight excluding hydrogens is 1270 g/mol. The Balaban J connectivity index is 0.00000164. The second kappa shape index (κ2) is 47.5. The Morgan fingerprint density at radius 1 is 0.559 bits per heavy atom. The summed E-state index contributed by atoms with van der Waals surface area (Å²) in [6.45, 7) is 24.7. The Morgan fingerprint density at radius 2 is 1.02 bits per heavy atom. The molecule has 0 radical (unpaired) electrons. The number of hydrogen-bond acceptors (Lipinski definition) is 24. The number of nitriles is 2. The number of rotatable bonds is 43. The number of thioether (sulfide) groups is 2. The van der Waals surface area contributed by atoms with Crippen LogP contribution in [0.25, 0.3) is 0 Å². The number of benzene rings is 2. The Hall–Kier alpha value is -5.38. The summed E-state index contributed by atoms with van der Waals surface area (Å²) in [5, 5.41) is 18.7. The zero-order valence-electron chi connectivity index (χ0n) is 58.1. The lowest BCUT2D eigenvalue weighted by atomic mass is 9.64. The van der Waals surface area contributed by atoms with E-state index in [-0.39, 0.29) is 84.5 Å². The molecule has 0 heterocycles. The van der Waals surface area contributed by atoms with E-state index in [1.54, 1.807) is 69.6 Å². The van der Waals surface area contributed by atoms with Crippen molar-refractivity contribution in [1.29, 1.82) is 10.5 Å². The minimum absolute atomic E-state index is 0.0426. The fourth-order valence-electron chi connectivity index (χ4n) is 9.01. The lowest BCUT2D eigenvalue weighted by molar-refractivity contribution is -0.168. The summed E-state index contributed by atoms with van der Waals surface area (Å²) >= 11 is 13.7. The van der Waals surface area contributed by atoms with Gasteiger partial charge in [0.15, 0.2) is 6.79 Å². The van der Waals surface area contributed by atoms with E-state index in [1.165, 1.54) is 0 Å². The quantitative estimate of drug-likeness (QED) is 0.0149. The van der Waals surface area contributed by atoms with E-state index >= 15 is 0 Å². The molecule has 0 spiro atoms. The third-order valence-corrected chi connectivity index (χ3v) is 17.1. The maximum absolute atomic E-state index is 14.2. The van der Waals surface area contributed by atoms with Gasteiger partial charge in [0.05, 0.1) is 94.4 Å². The maximum atomic E-state index is 14.2. The first-order valence-electron chi connectivity index (χ1n) is 31.2. The normalized spacial score (nSPS) is 13.8. The third kappa shape index (κ3) is 38.1. The fraction of sp³-hybridized carbons (Fsp3) is 0.652. The van der Waals surface area contributed by atoms with Crippen molar-refractivity contribution >= 4 is 92.2 Å². The van der Waals surface area contributed by atoms with Crippen molar-refractivity contribution in [3.8, 4) is 12.1 Å². The van der Waals surface area contributed by atoms with E-state index in [2.05, 4.69) is 25.6 Å². The molecule has 0 saturated carbocycles. The highest BCUT2D eigenvalue weighted by Gasteiger charge is 2.54. The van der Waals surface area contributed by atoms with E-state index in [0.717, 1.165) is 53.9 Å². The second-order valence-corrected chi connectivity index (χ2v) is 29.0. The number of ether oxygens (including phenoxy) is 10. The first kappa shape index (κ1) is 87.6. The van der Waals surface area contributed by atoms with Gasteiger partial charge in [-0.1, -0.05) is 142 Å². The van der Waals surface area contributed by atoms with Crippen molar-refractivity contribution in [3.63, 3.8) is 0 Å². The molecule has 20 nitrogen and oxygen atoms in total. The summed E-state index contributed by atoms with van der Waals surface area (Å²) in [4.78, 5) is 82.5. The Morgan fingerprint density at radius 3 is 1.52 bits per heavy atom. The van der Waals surface area contributed by atoms with Gasteiger partial charge >= 0.3 is 35.8 Å². The Bertz CT molecular complexity index is 2670. The number of unbranched alkanes of at least 4 members (excludes halogenated alkanes) is 2. The maximum Gasteiger partial charge on any atom is 0.333 e. The van der Waals surface area contributed by atoms with Crippen LogP contribution in [0.1, 0.15) is 138 Å². The molecule has 0 aliphatic carbocycles. The van der Waals surface area contributed by atoms with Gasteiger partial charge in [0, 0.05) is 32.9 Å². The summed E-state index contributed by atoms with van der Waals surface area (Å²) in [6.07, 6.45) is 3.80. The van der Waals surface area contributed by atoms with Gasteiger partial charge in [-0.15, -0.1) is 0 Å². The Labute approximate surface area is 574 Å². The van der Waals surface area contributed by atoms with Crippen LogP contribution in [-0.4, -0.2) is 192 Å². The highest BCUT2D eigenvalue weighted by atomic mass is 32.2. The number of carbonyl (C=O) groups is 6. The van der Waals surface area contributed by atoms with Crippen LogP contribution in [0.2, 0.25) is 0 Å². The average molecular weight is 1380 g/mol. The molecule has 0 saturated heterocycles. The van der Waals surface area contributed by atoms with Gasteiger partial charge in [0.25, 0.3) is 0 Å². The minimum atomic E-state index is -1.43. The molecule has 0 aliphatic heterocycles. The highest BCUT2D eigenvalue weighted by molar-refractivity contribution is 8.25. The summed E-state index contributed by atoms with van der Waals surface area (Å²) in [5.74, 6) is -3.64. The van der Waals surface area contributed by atoms with Gasteiger partial charge in [0.2, 0.25) is 0 Å².